The molecule has 0 saturated carbocycles. The predicted octanol–water partition coefficient (Wildman–Crippen LogP) is 2.16. The molecule has 1 fully saturated rings. The number of rotatable bonds is 5. The lowest BCUT2D eigenvalue weighted by Crippen LogP contribution is -2.43. The third-order valence-electron chi connectivity index (χ3n) is 4.12. The van der Waals surface area contributed by atoms with E-state index in [0.29, 0.717) is 13.1 Å². The Labute approximate surface area is 142 Å². The van der Waals surface area contributed by atoms with Crippen molar-refractivity contribution in [2.75, 3.05) is 31.1 Å². The summed E-state index contributed by atoms with van der Waals surface area (Å²) in [5.74, 6) is 0. The molecule has 1 saturated heterocycles. The summed E-state index contributed by atoms with van der Waals surface area (Å²) in [5.41, 5.74) is 15.3. The molecule has 0 radical (unpaired) electrons. The average Bonchev–Trinajstić information content (AvgIpc) is 2.63. The maximum atomic E-state index is 5.94. The first kappa shape index (κ1) is 16.3. The Morgan fingerprint density at radius 1 is 0.957 bits per heavy atom. The Balaban J connectivity index is 1.88. The van der Waals surface area contributed by atoms with E-state index in [4.69, 9.17) is 11.5 Å². The van der Waals surface area contributed by atoms with Crippen molar-refractivity contribution in [3.8, 4) is 0 Å². The number of nitrogens with two attached hydrogens (primary N) is 2. The number of benzene rings is 2. The van der Waals surface area contributed by atoms with Crippen molar-refractivity contribution in [1.82, 2.24) is 5.32 Å². The molecule has 0 spiro atoms. The second kappa shape index (κ2) is 7.84. The largest absolute Gasteiger partial charge is 0.368 e. The molecule has 3 rings (SSSR count). The van der Waals surface area contributed by atoms with Crippen LogP contribution in [0.4, 0.5) is 5.69 Å². The van der Waals surface area contributed by atoms with Gasteiger partial charge in [-0.25, -0.2) is 0 Å². The molecule has 2 aromatic carbocycles. The van der Waals surface area contributed by atoms with E-state index < -0.39 is 0 Å². The first-order chi connectivity index (χ1) is 11.3. The highest BCUT2D eigenvalue weighted by Gasteiger charge is 2.15. The lowest BCUT2D eigenvalue weighted by atomic mass is 10.1. The summed E-state index contributed by atoms with van der Waals surface area (Å²) in [5, 5.41) is 3.41. The Morgan fingerprint density at radius 3 is 2.48 bits per heavy atom. The van der Waals surface area contributed by atoms with Crippen LogP contribution in [-0.2, 0) is 13.1 Å². The van der Waals surface area contributed by atoms with Gasteiger partial charge in [0.15, 0.2) is 0 Å². The molecular weight excluding hydrogens is 304 g/mol. The summed E-state index contributed by atoms with van der Waals surface area (Å²) in [6.45, 7) is 5.26. The molecule has 0 aromatic heterocycles. The summed E-state index contributed by atoms with van der Waals surface area (Å²) < 4.78 is 0. The van der Waals surface area contributed by atoms with Gasteiger partial charge in [0, 0.05) is 49.1 Å². The van der Waals surface area contributed by atoms with Crippen molar-refractivity contribution in [3.05, 3.63) is 53.6 Å². The van der Waals surface area contributed by atoms with Crippen molar-refractivity contribution in [2.24, 2.45) is 11.5 Å². The predicted molar refractivity (Wildman–Crippen MR) is 97.9 cm³/mol. The van der Waals surface area contributed by atoms with Crippen LogP contribution >= 0.6 is 11.8 Å². The van der Waals surface area contributed by atoms with Crippen LogP contribution in [0.5, 0.6) is 0 Å². The molecule has 0 amide bonds. The van der Waals surface area contributed by atoms with Crippen LogP contribution in [0.25, 0.3) is 0 Å². The highest BCUT2D eigenvalue weighted by molar-refractivity contribution is 7.99. The maximum absolute atomic E-state index is 5.94. The molecule has 122 valence electrons. The fourth-order valence-electron chi connectivity index (χ4n) is 2.85. The minimum absolute atomic E-state index is 0.534. The second-order valence-electron chi connectivity index (χ2n) is 5.66. The van der Waals surface area contributed by atoms with E-state index in [2.05, 4.69) is 52.7 Å². The topological polar surface area (TPSA) is 67.3 Å². The van der Waals surface area contributed by atoms with E-state index in [0.717, 1.165) is 37.3 Å². The van der Waals surface area contributed by atoms with Crippen molar-refractivity contribution < 1.29 is 0 Å². The molecular formula is C18H24N4S. The van der Waals surface area contributed by atoms with E-state index in [1.54, 1.807) is 11.8 Å². The van der Waals surface area contributed by atoms with Crippen LogP contribution in [0, 0.1) is 0 Å². The lowest BCUT2D eigenvalue weighted by Gasteiger charge is -2.31. The zero-order chi connectivity index (χ0) is 16.1. The number of nitrogens with zero attached hydrogens (tertiary/aromatic N) is 1. The van der Waals surface area contributed by atoms with Gasteiger partial charge in [-0.15, -0.1) is 0 Å². The van der Waals surface area contributed by atoms with Crippen LogP contribution < -0.4 is 21.7 Å². The molecule has 0 aliphatic carbocycles. The van der Waals surface area contributed by atoms with Gasteiger partial charge in [0.25, 0.3) is 0 Å². The smallest absolute Gasteiger partial charge is 0.0508 e. The van der Waals surface area contributed by atoms with Crippen molar-refractivity contribution in [3.63, 3.8) is 0 Å². The van der Waals surface area contributed by atoms with Crippen molar-refractivity contribution in [2.45, 2.75) is 22.9 Å². The van der Waals surface area contributed by atoms with Crippen LogP contribution in [0.1, 0.15) is 11.1 Å². The molecule has 4 nitrogen and oxygen atoms in total. The van der Waals surface area contributed by atoms with Gasteiger partial charge < -0.3 is 21.7 Å². The number of piperazine rings is 1. The van der Waals surface area contributed by atoms with Crippen LogP contribution in [0.2, 0.25) is 0 Å². The van der Waals surface area contributed by atoms with Gasteiger partial charge in [-0.05, 0) is 29.3 Å². The first-order valence-electron chi connectivity index (χ1n) is 8.06. The zero-order valence-electron chi connectivity index (χ0n) is 13.3. The third-order valence-corrected chi connectivity index (χ3v) is 5.31. The molecule has 2 aromatic rings. The van der Waals surface area contributed by atoms with E-state index in [1.165, 1.54) is 15.5 Å². The molecule has 5 heteroatoms. The molecule has 5 N–H and O–H groups in total. The number of hydrogen-bond donors (Lipinski definition) is 3. The highest BCUT2D eigenvalue weighted by Crippen LogP contribution is 2.37. The average molecular weight is 328 g/mol. The standard InChI is InChI=1S/C18H24N4S/c19-12-14-5-6-17(15(11-14)13-20)23-18-4-2-1-3-16(18)22-9-7-21-8-10-22/h1-6,11,21H,7-10,12-13,19-20H2. The van der Waals surface area contributed by atoms with Gasteiger partial charge in [-0.1, -0.05) is 36.0 Å². The van der Waals surface area contributed by atoms with Gasteiger partial charge in [-0.3, -0.25) is 0 Å². The van der Waals surface area contributed by atoms with Gasteiger partial charge in [0.2, 0.25) is 0 Å². The monoisotopic (exact) mass is 328 g/mol. The summed E-state index contributed by atoms with van der Waals surface area (Å²) >= 11 is 1.80. The number of anilines is 1. The first-order valence-corrected chi connectivity index (χ1v) is 8.88. The number of nitrogens with one attached hydrogen (secondary N) is 1. The number of para-hydroxylation sites is 1. The van der Waals surface area contributed by atoms with Gasteiger partial charge >= 0.3 is 0 Å². The molecule has 0 atom stereocenters. The summed E-state index contributed by atoms with van der Waals surface area (Å²) in [6, 6.07) is 15.0. The second-order valence-corrected chi connectivity index (χ2v) is 6.74. The molecule has 0 unspecified atom stereocenters. The van der Waals surface area contributed by atoms with Gasteiger partial charge in [0.05, 0.1) is 5.69 Å². The highest BCUT2D eigenvalue weighted by atomic mass is 32.2. The van der Waals surface area contributed by atoms with Crippen molar-refractivity contribution >= 4 is 17.4 Å². The van der Waals surface area contributed by atoms with Crippen LogP contribution in [-0.4, -0.2) is 26.2 Å². The van der Waals surface area contributed by atoms with Gasteiger partial charge in [-0.2, -0.15) is 0 Å². The quantitative estimate of drug-likeness (QED) is 0.785. The van der Waals surface area contributed by atoms with Crippen LogP contribution in [0.15, 0.2) is 52.3 Å². The normalized spacial score (nSPS) is 15.0. The Morgan fingerprint density at radius 2 is 1.74 bits per heavy atom. The van der Waals surface area contributed by atoms with Crippen LogP contribution in [0.3, 0.4) is 0 Å². The third kappa shape index (κ3) is 3.87. The fraction of sp³-hybridized carbons (Fsp3) is 0.333. The van der Waals surface area contributed by atoms with Crippen molar-refractivity contribution in [1.29, 1.82) is 0 Å². The maximum Gasteiger partial charge on any atom is 0.0508 e. The summed E-state index contributed by atoms with van der Waals surface area (Å²) in [4.78, 5) is 4.95. The SMILES string of the molecule is NCc1ccc(Sc2ccccc2N2CCNCC2)c(CN)c1. The van der Waals surface area contributed by atoms with Gasteiger partial charge in [0.1, 0.15) is 0 Å². The summed E-state index contributed by atoms with van der Waals surface area (Å²) in [6.07, 6.45) is 0. The van der Waals surface area contributed by atoms with E-state index in [-0.39, 0.29) is 0 Å². The fourth-order valence-corrected chi connectivity index (χ4v) is 3.94. The molecule has 0 bridgehead atoms. The molecule has 1 heterocycles. The lowest BCUT2D eigenvalue weighted by molar-refractivity contribution is 0.587. The Hall–Kier alpha value is -1.53. The molecule has 1 aliphatic heterocycles. The number of hydrogen-bond acceptors (Lipinski definition) is 5. The zero-order valence-corrected chi connectivity index (χ0v) is 14.1. The molecule has 1 aliphatic rings. The minimum Gasteiger partial charge on any atom is -0.368 e. The van der Waals surface area contributed by atoms with E-state index >= 15 is 0 Å². The van der Waals surface area contributed by atoms with E-state index in [1.807, 2.05) is 0 Å². The molecule has 23 heavy (non-hydrogen) atoms. The Kier molecular flexibility index (Phi) is 5.56. The minimum atomic E-state index is 0.534. The summed E-state index contributed by atoms with van der Waals surface area (Å²) in [7, 11) is 0. The Bertz CT molecular complexity index is 653. The van der Waals surface area contributed by atoms with E-state index in [9.17, 15) is 0 Å².